The summed E-state index contributed by atoms with van der Waals surface area (Å²) in [5, 5.41) is 0. The van der Waals surface area contributed by atoms with Gasteiger partial charge in [0.25, 0.3) is 0 Å². The summed E-state index contributed by atoms with van der Waals surface area (Å²) in [5.74, 6) is 0.642. The Morgan fingerprint density at radius 1 is 0.955 bits per heavy atom. The van der Waals surface area contributed by atoms with Crippen LogP contribution < -0.4 is 5.73 Å². The average Bonchev–Trinajstić information content (AvgIpc) is 2.98. The smallest absolute Gasteiger partial charge is 0.239 e. The van der Waals surface area contributed by atoms with Gasteiger partial charge < -0.3 is 15.5 Å². The average molecular weight is 310 g/mol. The fraction of sp³-hybridized carbons (Fsp3) is 0.875. The summed E-state index contributed by atoms with van der Waals surface area (Å²) >= 11 is 0. The Morgan fingerprint density at radius 2 is 1.50 bits per heavy atom. The molecule has 0 aliphatic carbocycles. The van der Waals surface area contributed by atoms with Crippen LogP contribution in [-0.2, 0) is 9.59 Å². The molecule has 22 heavy (non-hydrogen) atoms. The maximum absolute atomic E-state index is 12.3. The summed E-state index contributed by atoms with van der Waals surface area (Å²) in [5.41, 5.74) is 5.97. The van der Waals surface area contributed by atoms with Crippen LogP contribution in [0.15, 0.2) is 0 Å². The predicted molar refractivity (Wildman–Crippen MR) is 86.3 cm³/mol. The molecule has 2 N–H and O–H groups in total. The molecule has 0 unspecified atom stereocenters. The fourth-order valence-corrected chi connectivity index (χ4v) is 3.25. The topological polar surface area (TPSA) is 69.9 Å². The molecule has 6 nitrogen and oxygen atoms in total. The monoisotopic (exact) mass is 310 g/mol. The number of amides is 2. The first kappa shape index (κ1) is 17.2. The van der Waals surface area contributed by atoms with E-state index in [1.807, 2.05) is 9.80 Å². The van der Waals surface area contributed by atoms with E-state index in [4.69, 9.17) is 5.73 Å². The van der Waals surface area contributed by atoms with Crippen molar-refractivity contribution in [3.63, 3.8) is 0 Å². The van der Waals surface area contributed by atoms with Crippen molar-refractivity contribution in [3.8, 4) is 0 Å². The number of nitrogens with zero attached hydrogens (tertiary/aromatic N) is 3. The van der Waals surface area contributed by atoms with Gasteiger partial charge in [-0.1, -0.05) is 13.8 Å². The summed E-state index contributed by atoms with van der Waals surface area (Å²) in [6.45, 7) is 9.22. The van der Waals surface area contributed by atoms with E-state index >= 15 is 0 Å². The maximum Gasteiger partial charge on any atom is 0.239 e. The number of nitrogens with two attached hydrogens (primary N) is 1. The summed E-state index contributed by atoms with van der Waals surface area (Å²) in [6.07, 6.45) is 3.11. The van der Waals surface area contributed by atoms with Crippen molar-refractivity contribution in [1.29, 1.82) is 0 Å². The van der Waals surface area contributed by atoms with Crippen molar-refractivity contribution in [2.75, 3.05) is 45.8 Å². The molecule has 0 bridgehead atoms. The van der Waals surface area contributed by atoms with Gasteiger partial charge in [-0.3, -0.25) is 14.5 Å². The first-order valence-corrected chi connectivity index (χ1v) is 8.52. The molecule has 2 fully saturated rings. The summed E-state index contributed by atoms with van der Waals surface area (Å²) in [7, 11) is 0. The van der Waals surface area contributed by atoms with Gasteiger partial charge in [0, 0.05) is 26.2 Å². The molecule has 0 spiro atoms. The van der Waals surface area contributed by atoms with Gasteiger partial charge in [-0.2, -0.15) is 0 Å². The normalized spacial score (nSPS) is 21.5. The molecular formula is C16H30N4O2. The van der Waals surface area contributed by atoms with Crippen LogP contribution in [0.5, 0.6) is 0 Å². The molecule has 1 atom stereocenters. The van der Waals surface area contributed by atoms with Crippen molar-refractivity contribution in [2.24, 2.45) is 11.7 Å². The lowest BCUT2D eigenvalue weighted by molar-refractivity contribution is -0.141. The van der Waals surface area contributed by atoms with Crippen LogP contribution >= 0.6 is 0 Å². The lowest BCUT2D eigenvalue weighted by atomic mass is 10.0. The zero-order valence-electron chi connectivity index (χ0n) is 14.0. The van der Waals surface area contributed by atoms with E-state index < -0.39 is 6.04 Å². The molecule has 126 valence electrons. The maximum atomic E-state index is 12.3. The molecule has 2 heterocycles. The number of likely N-dealkylation sites (tertiary alicyclic amines) is 1. The highest BCUT2D eigenvalue weighted by molar-refractivity contribution is 5.82. The van der Waals surface area contributed by atoms with Crippen LogP contribution in [0.4, 0.5) is 0 Å². The Balaban J connectivity index is 1.74. The number of rotatable bonds is 5. The number of carbonyl (C=O) groups excluding carboxylic acids is 2. The van der Waals surface area contributed by atoms with Crippen molar-refractivity contribution in [1.82, 2.24) is 14.7 Å². The van der Waals surface area contributed by atoms with Gasteiger partial charge in [-0.15, -0.1) is 0 Å². The van der Waals surface area contributed by atoms with Gasteiger partial charge in [0.1, 0.15) is 0 Å². The van der Waals surface area contributed by atoms with Crippen LogP contribution in [0.25, 0.3) is 0 Å². The fourth-order valence-electron chi connectivity index (χ4n) is 3.25. The SMILES string of the molecule is CC(C)C[C@H](N)C(=O)N1CCN(C(=O)CN2CCCC2)CC1. The van der Waals surface area contributed by atoms with Crippen LogP contribution in [0.1, 0.15) is 33.1 Å². The van der Waals surface area contributed by atoms with Gasteiger partial charge in [0.2, 0.25) is 11.8 Å². The van der Waals surface area contributed by atoms with Gasteiger partial charge in [-0.25, -0.2) is 0 Å². The molecule has 0 aromatic carbocycles. The van der Waals surface area contributed by atoms with Crippen molar-refractivity contribution in [2.45, 2.75) is 39.2 Å². The largest absolute Gasteiger partial charge is 0.338 e. The second kappa shape index (κ2) is 7.92. The van der Waals surface area contributed by atoms with Gasteiger partial charge >= 0.3 is 0 Å². The molecule has 0 radical (unpaired) electrons. The minimum absolute atomic E-state index is 0.0281. The van der Waals surface area contributed by atoms with Crippen molar-refractivity contribution in [3.05, 3.63) is 0 Å². The van der Waals surface area contributed by atoms with Gasteiger partial charge in [0.15, 0.2) is 0 Å². The van der Waals surface area contributed by atoms with E-state index in [2.05, 4.69) is 18.7 Å². The van der Waals surface area contributed by atoms with Crippen LogP contribution in [0.2, 0.25) is 0 Å². The number of piperazine rings is 1. The van der Waals surface area contributed by atoms with E-state index in [0.29, 0.717) is 45.1 Å². The number of hydrogen-bond donors (Lipinski definition) is 1. The lowest BCUT2D eigenvalue weighted by Gasteiger charge is -2.36. The quantitative estimate of drug-likeness (QED) is 0.783. The second-order valence-electron chi connectivity index (χ2n) is 6.93. The van der Waals surface area contributed by atoms with Crippen molar-refractivity contribution < 1.29 is 9.59 Å². The Labute approximate surface area is 133 Å². The first-order chi connectivity index (χ1) is 10.5. The lowest BCUT2D eigenvalue weighted by Crippen LogP contribution is -2.55. The zero-order chi connectivity index (χ0) is 16.1. The first-order valence-electron chi connectivity index (χ1n) is 8.52. The van der Waals surface area contributed by atoms with E-state index in [0.717, 1.165) is 13.1 Å². The van der Waals surface area contributed by atoms with E-state index in [1.54, 1.807) is 0 Å². The number of hydrogen-bond acceptors (Lipinski definition) is 4. The molecule has 2 rings (SSSR count). The molecule has 6 heteroatoms. The third-order valence-corrected chi connectivity index (χ3v) is 4.54. The predicted octanol–water partition coefficient (Wildman–Crippen LogP) is 0.126. The molecular weight excluding hydrogens is 280 g/mol. The van der Waals surface area contributed by atoms with Crippen molar-refractivity contribution >= 4 is 11.8 Å². The summed E-state index contributed by atoms with van der Waals surface area (Å²) < 4.78 is 0. The van der Waals surface area contributed by atoms with Crippen LogP contribution in [-0.4, -0.2) is 78.4 Å². The second-order valence-corrected chi connectivity index (χ2v) is 6.93. The Bertz CT molecular complexity index is 386. The molecule has 0 aromatic heterocycles. The minimum Gasteiger partial charge on any atom is -0.338 e. The minimum atomic E-state index is -0.410. The highest BCUT2D eigenvalue weighted by atomic mass is 16.2. The van der Waals surface area contributed by atoms with Crippen LogP contribution in [0.3, 0.4) is 0 Å². The van der Waals surface area contributed by atoms with E-state index in [-0.39, 0.29) is 11.8 Å². The van der Waals surface area contributed by atoms with E-state index in [9.17, 15) is 9.59 Å². The molecule has 2 saturated heterocycles. The van der Waals surface area contributed by atoms with Gasteiger partial charge in [-0.05, 0) is 38.3 Å². The van der Waals surface area contributed by atoms with Crippen LogP contribution in [0, 0.1) is 5.92 Å². The Morgan fingerprint density at radius 3 is 2.05 bits per heavy atom. The molecule has 2 aliphatic heterocycles. The molecule has 0 saturated carbocycles. The van der Waals surface area contributed by atoms with Gasteiger partial charge in [0.05, 0.1) is 12.6 Å². The molecule has 2 amide bonds. The van der Waals surface area contributed by atoms with E-state index in [1.165, 1.54) is 12.8 Å². The molecule has 2 aliphatic rings. The third-order valence-electron chi connectivity index (χ3n) is 4.54. The highest BCUT2D eigenvalue weighted by Gasteiger charge is 2.28. The summed E-state index contributed by atoms with van der Waals surface area (Å²) in [4.78, 5) is 30.5. The summed E-state index contributed by atoms with van der Waals surface area (Å²) in [6, 6.07) is -0.410. The zero-order valence-corrected chi connectivity index (χ0v) is 14.0. The standard InChI is InChI=1S/C16H30N4O2/c1-13(2)11-14(17)16(22)20-9-7-19(8-10-20)15(21)12-18-5-3-4-6-18/h13-14H,3-12,17H2,1-2H3/t14-/m0/s1. The Kier molecular flexibility index (Phi) is 6.20. The Hall–Kier alpha value is -1.14. The number of carbonyl (C=O) groups is 2. The third kappa shape index (κ3) is 4.68. The highest BCUT2D eigenvalue weighted by Crippen LogP contribution is 2.11. The molecule has 0 aromatic rings.